The van der Waals surface area contributed by atoms with Gasteiger partial charge in [-0.05, 0) is 5.92 Å². The van der Waals surface area contributed by atoms with E-state index in [2.05, 4.69) is 28.9 Å². The molecule has 1 aliphatic carbocycles. The number of allylic oxidation sites excluding steroid dienone is 4. The Labute approximate surface area is 80.6 Å². The number of rotatable bonds is 2. The third-order valence-corrected chi connectivity index (χ3v) is 3.35. The molecule has 1 amide bonds. The molecular formula is C9H12BrNO. The quantitative estimate of drug-likeness (QED) is 0.721. The van der Waals surface area contributed by atoms with Crippen LogP contribution in [0.15, 0.2) is 24.3 Å². The van der Waals surface area contributed by atoms with Crippen LogP contribution in [0.1, 0.15) is 13.3 Å². The molecule has 0 aliphatic heterocycles. The normalized spacial score (nSPS) is 33.7. The van der Waals surface area contributed by atoms with Crippen molar-refractivity contribution in [3.63, 3.8) is 0 Å². The lowest BCUT2D eigenvalue weighted by Crippen LogP contribution is -2.33. The summed E-state index contributed by atoms with van der Waals surface area (Å²) in [6.07, 6.45) is 8.28. The number of carbonyl (C=O) groups excluding carboxylic acids is 1. The molecule has 3 heteroatoms. The molecule has 0 fully saturated rings. The summed E-state index contributed by atoms with van der Waals surface area (Å²) in [6.45, 7) is 2.05. The molecule has 0 saturated carbocycles. The van der Waals surface area contributed by atoms with Gasteiger partial charge in [-0.3, -0.25) is 4.79 Å². The van der Waals surface area contributed by atoms with Crippen LogP contribution in [0.4, 0.5) is 0 Å². The van der Waals surface area contributed by atoms with Crippen LogP contribution in [-0.4, -0.2) is 10.2 Å². The minimum absolute atomic E-state index is 0.270. The van der Waals surface area contributed by atoms with Gasteiger partial charge in [0, 0.05) is 6.42 Å². The number of alkyl halides is 1. The molecule has 0 bridgehead atoms. The number of nitrogens with two attached hydrogens (primary N) is 1. The molecule has 1 rings (SSSR count). The van der Waals surface area contributed by atoms with Crippen molar-refractivity contribution in [1.29, 1.82) is 0 Å². The highest BCUT2D eigenvalue weighted by molar-refractivity contribution is 9.10. The van der Waals surface area contributed by atoms with E-state index in [1.807, 2.05) is 18.2 Å². The Balaban J connectivity index is 2.76. The summed E-state index contributed by atoms with van der Waals surface area (Å²) in [5.41, 5.74) is 5.14. The summed E-state index contributed by atoms with van der Waals surface area (Å²) < 4.78 is -0.270. The highest BCUT2D eigenvalue weighted by Gasteiger charge is 2.31. The topological polar surface area (TPSA) is 43.1 Å². The van der Waals surface area contributed by atoms with E-state index < -0.39 is 0 Å². The van der Waals surface area contributed by atoms with Crippen LogP contribution in [0.2, 0.25) is 0 Å². The predicted molar refractivity (Wildman–Crippen MR) is 52.9 cm³/mol. The zero-order valence-electron chi connectivity index (χ0n) is 6.96. The van der Waals surface area contributed by atoms with E-state index in [9.17, 15) is 4.79 Å². The zero-order valence-corrected chi connectivity index (χ0v) is 8.54. The molecule has 2 atom stereocenters. The maximum absolute atomic E-state index is 10.8. The Morgan fingerprint density at radius 2 is 2.33 bits per heavy atom. The molecule has 0 spiro atoms. The van der Waals surface area contributed by atoms with Crippen LogP contribution >= 0.6 is 15.9 Å². The fraction of sp³-hybridized carbons (Fsp3) is 0.444. The van der Waals surface area contributed by atoms with E-state index in [1.165, 1.54) is 0 Å². The molecule has 2 nitrogen and oxygen atoms in total. The van der Waals surface area contributed by atoms with Crippen LogP contribution in [0.3, 0.4) is 0 Å². The van der Waals surface area contributed by atoms with Crippen molar-refractivity contribution in [3.05, 3.63) is 24.3 Å². The fourth-order valence-corrected chi connectivity index (χ4v) is 1.83. The number of halogens is 1. The summed E-state index contributed by atoms with van der Waals surface area (Å²) in [5, 5.41) is 0. The number of hydrogen-bond acceptors (Lipinski definition) is 1. The van der Waals surface area contributed by atoms with Gasteiger partial charge in [0.25, 0.3) is 0 Å². The van der Waals surface area contributed by atoms with Gasteiger partial charge >= 0.3 is 0 Å². The van der Waals surface area contributed by atoms with Crippen molar-refractivity contribution in [2.75, 3.05) is 0 Å². The monoisotopic (exact) mass is 229 g/mol. The first-order valence-electron chi connectivity index (χ1n) is 3.88. The van der Waals surface area contributed by atoms with E-state index in [0.29, 0.717) is 12.3 Å². The van der Waals surface area contributed by atoms with Gasteiger partial charge in [-0.15, -0.1) is 0 Å². The van der Waals surface area contributed by atoms with Crippen molar-refractivity contribution < 1.29 is 4.79 Å². The molecule has 0 saturated heterocycles. The molecule has 66 valence electrons. The second kappa shape index (κ2) is 3.44. The van der Waals surface area contributed by atoms with Crippen LogP contribution in [0.5, 0.6) is 0 Å². The first-order chi connectivity index (χ1) is 5.54. The molecule has 2 N–H and O–H groups in total. The summed E-state index contributed by atoms with van der Waals surface area (Å²) >= 11 is 3.52. The third-order valence-electron chi connectivity index (χ3n) is 2.09. The van der Waals surface area contributed by atoms with Gasteiger partial charge in [-0.1, -0.05) is 47.2 Å². The average Bonchev–Trinajstić information content (AvgIpc) is 1.94. The van der Waals surface area contributed by atoms with E-state index >= 15 is 0 Å². The maximum atomic E-state index is 10.8. The van der Waals surface area contributed by atoms with Gasteiger partial charge in [-0.2, -0.15) is 0 Å². The molecule has 0 heterocycles. The molecular weight excluding hydrogens is 218 g/mol. The van der Waals surface area contributed by atoms with Crippen molar-refractivity contribution in [1.82, 2.24) is 0 Å². The average molecular weight is 230 g/mol. The zero-order chi connectivity index (χ0) is 9.19. The van der Waals surface area contributed by atoms with Crippen LogP contribution < -0.4 is 5.73 Å². The predicted octanol–water partition coefficient (Wildman–Crippen LogP) is 1.76. The fourth-order valence-electron chi connectivity index (χ4n) is 1.25. The smallest absolute Gasteiger partial charge is 0.219 e. The van der Waals surface area contributed by atoms with Crippen LogP contribution in [0.25, 0.3) is 0 Å². The summed E-state index contributed by atoms with van der Waals surface area (Å²) in [5.74, 6) is 0.0219. The van der Waals surface area contributed by atoms with Gasteiger partial charge in [-0.25, -0.2) is 0 Å². The first-order valence-corrected chi connectivity index (χ1v) is 4.67. The van der Waals surface area contributed by atoms with Crippen molar-refractivity contribution in [2.45, 2.75) is 17.7 Å². The summed E-state index contributed by atoms with van der Waals surface area (Å²) in [4.78, 5) is 10.8. The second-order valence-electron chi connectivity index (χ2n) is 3.10. The third kappa shape index (κ3) is 1.97. The highest BCUT2D eigenvalue weighted by Crippen LogP contribution is 2.35. The van der Waals surface area contributed by atoms with Crippen molar-refractivity contribution in [3.8, 4) is 0 Å². The van der Waals surface area contributed by atoms with Crippen LogP contribution in [-0.2, 0) is 4.79 Å². The van der Waals surface area contributed by atoms with E-state index in [-0.39, 0.29) is 10.2 Å². The van der Waals surface area contributed by atoms with Crippen LogP contribution in [0, 0.1) is 5.92 Å². The minimum atomic E-state index is -0.279. The number of primary amides is 1. The largest absolute Gasteiger partial charge is 0.370 e. The Bertz CT molecular complexity index is 247. The Kier molecular flexibility index (Phi) is 2.73. The lowest BCUT2D eigenvalue weighted by atomic mass is 9.87. The lowest BCUT2D eigenvalue weighted by Gasteiger charge is -2.29. The number of hydrogen-bond donors (Lipinski definition) is 1. The van der Waals surface area contributed by atoms with E-state index in [4.69, 9.17) is 5.73 Å². The Morgan fingerprint density at radius 1 is 1.67 bits per heavy atom. The highest BCUT2D eigenvalue weighted by atomic mass is 79.9. The van der Waals surface area contributed by atoms with Gasteiger partial charge in [0.15, 0.2) is 0 Å². The van der Waals surface area contributed by atoms with E-state index in [0.717, 1.165) is 0 Å². The summed E-state index contributed by atoms with van der Waals surface area (Å²) in [6, 6.07) is 0. The molecule has 0 radical (unpaired) electrons. The molecule has 0 aromatic carbocycles. The molecule has 1 aliphatic rings. The van der Waals surface area contributed by atoms with Gasteiger partial charge < -0.3 is 5.73 Å². The molecule has 2 unspecified atom stereocenters. The molecule has 12 heavy (non-hydrogen) atoms. The second-order valence-corrected chi connectivity index (χ2v) is 4.58. The SMILES string of the molecule is CC1C=CC=CC1(Br)CC(N)=O. The van der Waals surface area contributed by atoms with Gasteiger partial charge in [0.2, 0.25) is 5.91 Å². The molecule has 0 aromatic heterocycles. The lowest BCUT2D eigenvalue weighted by molar-refractivity contribution is -0.118. The Morgan fingerprint density at radius 3 is 2.83 bits per heavy atom. The number of carbonyl (C=O) groups is 1. The maximum Gasteiger partial charge on any atom is 0.219 e. The van der Waals surface area contributed by atoms with Gasteiger partial charge in [0.1, 0.15) is 0 Å². The van der Waals surface area contributed by atoms with Crippen molar-refractivity contribution in [2.24, 2.45) is 11.7 Å². The standard InChI is InChI=1S/C9H12BrNO/c1-7-4-2-3-5-9(7,10)6-8(11)12/h2-5,7H,6H2,1H3,(H2,11,12). The van der Waals surface area contributed by atoms with E-state index in [1.54, 1.807) is 0 Å². The first kappa shape index (κ1) is 9.52. The molecule has 0 aromatic rings. The number of amides is 1. The Hall–Kier alpha value is -0.570. The van der Waals surface area contributed by atoms with Gasteiger partial charge in [0.05, 0.1) is 4.32 Å². The minimum Gasteiger partial charge on any atom is -0.370 e. The van der Waals surface area contributed by atoms with Crippen molar-refractivity contribution >= 4 is 21.8 Å². The summed E-state index contributed by atoms with van der Waals surface area (Å²) in [7, 11) is 0.